The van der Waals surface area contributed by atoms with Crippen LogP contribution in [0.25, 0.3) is 0 Å². The number of nitrogens with zero attached hydrogens (tertiary/aromatic N) is 5. The Labute approximate surface area is 196 Å². The minimum absolute atomic E-state index is 0.168. The first-order valence-corrected chi connectivity index (χ1v) is 11.2. The van der Waals surface area contributed by atoms with Gasteiger partial charge >= 0.3 is 12.1 Å². The smallest absolute Gasteiger partial charge is 0.475 e. The lowest BCUT2D eigenvalue weighted by atomic mass is 9.70. The number of amides is 1. The van der Waals surface area contributed by atoms with E-state index in [1.807, 2.05) is 36.5 Å². The molecule has 2 aromatic rings. The van der Waals surface area contributed by atoms with Crippen LogP contribution in [0, 0.1) is 5.41 Å². The highest BCUT2D eigenvalue weighted by atomic mass is 19.4. The predicted octanol–water partition coefficient (Wildman–Crippen LogP) is 3.33. The molecule has 2 fully saturated rings. The maximum Gasteiger partial charge on any atom is 0.490 e. The fourth-order valence-corrected chi connectivity index (χ4v) is 4.95. The van der Waals surface area contributed by atoms with E-state index >= 15 is 0 Å². The molecule has 8 nitrogen and oxygen atoms in total. The molecule has 4 rings (SSSR count). The van der Waals surface area contributed by atoms with E-state index in [9.17, 15) is 18.0 Å². The third-order valence-electron chi connectivity index (χ3n) is 6.40. The standard InChI is InChI=1S/C21H29N5O.C2HF3O2/c1-16(2)26-19(8-11-23-26)18-14-25(13-17-7-4-5-10-22-17)15-21(18)9-6-12-24(3)20(21)27;3-2(4,5)1(6)7/h4-5,7-8,10-11,16,18H,6,9,12-15H2,1-3H3;(H,6,7)/t18-,21+;/m0./s1. The Morgan fingerprint density at radius 1 is 1.26 bits per heavy atom. The molecular formula is C23H30F3N5O3. The zero-order valence-electron chi connectivity index (χ0n) is 19.5. The SMILES string of the molecule is CC(C)n1nccc1[C@@H]1CN(Cc2ccccn2)C[C@]12CCCN(C)C2=O.O=C(O)C(F)(F)F. The fraction of sp³-hybridized carbons (Fsp3) is 0.565. The zero-order chi connectivity index (χ0) is 25.1. The molecule has 0 aliphatic carbocycles. The number of alkyl halides is 3. The topological polar surface area (TPSA) is 91.6 Å². The van der Waals surface area contributed by atoms with E-state index in [-0.39, 0.29) is 17.4 Å². The maximum absolute atomic E-state index is 13.4. The van der Waals surface area contributed by atoms with Gasteiger partial charge in [-0.3, -0.25) is 19.4 Å². The Morgan fingerprint density at radius 2 is 1.97 bits per heavy atom. The maximum atomic E-state index is 13.4. The number of aliphatic carboxylic acids is 1. The fourth-order valence-electron chi connectivity index (χ4n) is 4.95. The van der Waals surface area contributed by atoms with Crippen LogP contribution >= 0.6 is 0 Å². The number of rotatable bonds is 4. The molecule has 1 spiro atoms. The molecule has 0 aromatic carbocycles. The lowest BCUT2D eigenvalue weighted by Crippen LogP contribution is -2.50. The summed E-state index contributed by atoms with van der Waals surface area (Å²) in [6.45, 7) is 7.61. The summed E-state index contributed by atoms with van der Waals surface area (Å²) in [6.07, 6.45) is 0.641. The van der Waals surface area contributed by atoms with Crippen molar-refractivity contribution in [3.63, 3.8) is 0 Å². The van der Waals surface area contributed by atoms with Gasteiger partial charge in [-0.15, -0.1) is 0 Å². The van der Waals surface area contributed by atoms with Crippen LogP contribution in [0.4, 0.5) is 13.2 Å². The highest BCUT2D eigenvalue weighted by Gasteiger charge is 2.55. The molecule has 2 aliphatic heterocycles. The third kappa shape index (κ3) is 5.40. The van der Waals surface area contributed by atoms with Crippen molar-refractivity contribution in [1.82, 2.24) is 24.6 Å². The second-order valence-electron chi connectivity index (χ2n) is 9.13. The highest BCUT2D eigenvalue weighted by Crippen LogP contribution is 2.49. The summed E-state index contributed by atoms with van der Waals surface area (Å²) in [4.78, 5) is 31.1. The molecule has 186 valence electrons. The van der Waals surface area contributed by atoms with Gasteiger partial charge in [0.05, 0.1) is 11.1 Å². The van der Waals surface area contributed by atoms with E-state index < -0.39 is 12.1 Å². The molecule has 0 saturated carbocycles. The van der Waals surface area contributed by atoms with E-state index in [4.69, 9.17) is 9.90 Å². The minimum atomic E-state index is -5.08. The lowest BCUT2D eigenvalue weighted by Gasteiger charge is -2.41. The monoisotopic (exact) mass is 481 g/mol. The lowest BCUT2D eigenvalue weighted by molar-refractivity contribution is -0.192. The summed E-state index contributed by atoms with van der Waals surface area (Å²) < 4.78 is 33.8. The van der Waals surface area contributed by atoms with Crippen molar-refractivity contribution in [1.29, 1.82) is 0 Å². The summed E-state index contributed by atoms with van der Waals surface area (Å²) in [5.74, 6) is -2.30. The van der Waals surface area contributed by atoms with Gasteiger partial charge in [0.2, 0.25) is 5.91 Å². The van der Waals surface area contributed by atoms with Crippen LogP contribution in [0.15, 0.2) is 36.7 Å². The van der Waals surface area contributed by atoms with Gasteiger partial charge in [0.1, 0.15) is 0 Å². The first kappa shape index (κ1) is 25.7. The van der Waals surface area contributed by atoms with E-state index in [1.54, 1.807) is 0 Å². The van der Waals surface area contributed by atoms with Gasteiger partial charge in [-0.05, 0) is 44.9 Å². The normalized spacial score (nSPS) is 23.3. The first-order chi connectivity index (χ1) is 16.0. The molecule has 4 heterocycles. The van der Waals surface area contributed by atoms with Gasteiger partial charge in [0.25, 0.3) is 0 Å². The first-order valence-electron chi connectivity index (χ1n) is 11.2. The molecule has 34 heavy (non-hydrogen) atoms. The van der Waals surface area contributed by atoms with Gasteiger partial charge in [0, 0.05) is 63.3 Å². The minimum Gasteiger partial charge on any atom is -0.475 e. The van der Waals surface area contributed by atoms with Crippen LogP contribution in [0.5, 0.6) is 0 Å². The van der Waals surface area contributed by atoms with Crippen LogP contribution in [0.3, 0.4) is 0 Å². The number of likely N-dealkylation sites (tertiary alicyclic amines) is 2. The van der Waals surface area contributed by atoms with E-state index in [2.05, 4.69) is 45.6 Å². The van der Waals surface area contributed by atoms with Gasteiger partial charge < -0.3 is 10.0 Å². The summed E-state index contributed by atoms with van der Waals surface area (Å²) in [6, 6.07) is 8.43. The van der Waals surface area contributed by atoms with Gasteiger partial charge in [0.15, 0.2) is 0 Å². The van der Waals surface area contributed by atoms with Crippen LogP contribution in [0.2, 0.25) is 0 Å². The molecule has 2 aromatic heterocycles. The predicted molar refractivity (Wildman–Crippen MR) is 118 cm³/mol. The quantitative estimate of drug-likeness (QED) is 0.721. The molecule has 0 bridgehead atoms. The second kappa shape index (κ2) is 10.1. The Hall–Kier alpha value is -2.95. The Bertz CT molecular complexity index is 995. The highest BCUT2D eigenvalue weighted by molar-refractivity contribution is 5.85. The van der Waals surface area contributed by atoms with Crippen molar-refractivity contribution >= 4 is 11.9 Å². The number of piperidine rings is 1. The van der Waals surface area contributed by atoms with Crippen molar-refractivity contribution in [2.45, 2.75) is 51.4 Å². The van der Waals surface area contributed by atoms with E-state index in [1.165, 1.54) is 5.69 Å². The van der Waals surface area contributed by atoms with Crippen molar-refractivity contribution in [3.05, 3.63) is 48.0 Å². The summed E-state index contributed by atoms with van der Waals surface area (Å²) in [5, 5.41) is 11.7. The largest absolute Gasteiger partial charge is 0.490 e. The third-order valence-corrected chi connectivity index (χ3v) is 6.40. The number of carboxylic acid groups (broad SMARTS) is 1. The van der Waals surface area contributed by atoms with Crippen molar-refractivity contribution in [2.24, 2.45) is 5.41 Å². The second-order valence-corrected chi connectivity index (χ2v) is 9.13. The van der Waals surface area contributed by atoms with E-state index in [0.29, 0.717) is 5.91 Å². The molecule has 0 radical (unpaired) electrons. The number of pyridine rings is 1. The molecule has 2 aliphatic rings. The summed E-state index contributed by atoms with van der Waals surface area (Å²) >= 11 is 0. The van der Waals surface area contributed by atoms with Crippen molar-refractivity contribution < 1.29 is 27.9 Å². The molecule has 2 saturated heterocycles. The number of aromatic nitrogens is 3. The number of hydrogen-bond donors (Lipinski definition) is 1. The number of halogens is 3. The van der Waals surface area contributed by atoms with E-state index in [0.717, 1.165) is 44.7 Å². The average Bonchev–Trinajstić information content (AvgIpc) is 3.38. The van der Waals surface area contributed by atoms with Gasteiger partial charge in [-0.25, -0.2) is 4.79 Å². The number of hydrogen-bond acceptors (Lipinski definition) is 5. The van der Waals surface area contributed by atoms with Crippen molar-refractivity contribution in [2.75, 3.05) is 26.7 Å². The molecular weight excluding hydrogens is 451 g/mol. The van der Waals surface area contributed by atoms with Crippen LogP contribution < -0.4 is 0 Å². The zero-order valence-corrected chi connectivity index (χ0v) is 19.5. The van der Waals surface area contributed by atoms with Crippen LogP contribution in [-0.4, -0.2) is 74.4 Å². The molecule has 11 heteroatoms. The number of carbonyl (C=O) groups excluding carboxylic acids is 1. The summed E-state index contributed by atoms with van der Waals surface area (Å²) in [5.41, 5.74) is 1.90. The van der Waals surface area contributed by atoms with Gasteiger partial charge in [-0.2, -0.15) is 18.3 Å². The van der Waals surface area contributed by atoms with Crippen LogP contribution in [-0.2, 0) is 16.1 Å². The molecule has 0 unspecified atom stereocenters. The molecule has 2 atom stereocenters. The summed E-state index contributed by atoms with van der Waals surface area (Å²) in [7, 11) is 1.95. The average molecular weight is 482 g/mol. The molecule has 1 amide bonds. The Balaban J connectivity index is 0.000000406. The van der Waals surface area contributed by atoms with Gasteiger partial charge in [-0.1, -0.05) is 6.07 Å². The number of carboxylic acids is 1. The number of carbonyl (C=O) groups is 2. The molecule has 1 N–H and O–H groups in total. The van der Waals surface area contributed by atoms with Crippen LogP contribution in [0.1, 0.15) is 50.0 Å². The Morgan fingerprint density at radius 3 is 2.56 bits per heavy atom. The Kier molecular flexibility index (Phi) is 7.64. The van der Waals surface area contributed by atoms with Crippen molar-refractivity contribution in [3.8, 4) is 0 Å².